The van der Waals surface area contributed by atoms with E-state index in [4.69, 9.17) is 4.42 Å². The smallest absolute Gasteiger partial charge is 0.151 e. The van der Waals surface area contributed by atoms with Crippen molar-refractivity contribution in [3.63, 3.8) is 0 Å². The van der Waals surface area contributed by atoms with Crippen molar-refractivity contribution in [2.75, 3.05) is 0 Å². The number of nitrogens with zero attached hydrogens (tertiary/aromatic N) is 3. The SMILES string of the molecule is OC(c1occc1Br)c1cnn2ccncc12. The molecule has 0 fully saturated rings. The van der Waals surface area contributed by atoms with Crippen molar-refractivity contribution in [3.8, 4) is 0 Å². The lowest BCUT2D eigenvalue weighted by atomic mass is 10.1. The van der Waals surface area contributed by atoms with Gasteiger partial charge in [-0.15, -0.1) is 0 Å². The molecular weight excluding hydrogens is 286 g/mol. The van der Waals surface area contributed by atoms with Crippen LogP contribution in [-0.4, -0.2) is 19.7 Å². The third-order valence-corrected chi connectivity index (χ3v) is 3.20. The summed E-state index contributed by atoms with van der Waals surface area (Å²) in [5, 5.41) is 14.4. The monoisotopic (exact) mass is 293 g/mol. The molecule has 0 saturated carbocycles. The van der Waals surface area contributed by atoms with Crippen molar-refractivity contribution in [1.29, 1.82) is 0 Å². The number of furan rings is 1. The molecular formula is C11H8BrN3O2. The summed E-state index contributed by atoms with van der Waals surface area (Å²) < 4.78 is 7.63. The lowest BCUT2D eigenvalue weighted by molar-refractivity contribution is 0.189. The molecule has 3 aromatic rings. The first-order valence-electron chi connectivity index (χ1n) is 4.95. The molecule has 3 rings (SSSR count). The fourth-order valence-corrected chi connectivity index (χ4v) is 2.12. The van der Waals surface area contributed by atoms with Crippen LogP contribution in [0.5, 0.6) is 0 Å². The topological polar surface area (TPSA) is 63.6 Å². The van der Waals surface area contributed by atoms with Gasteiger partial charge in [-0.3, -0.25) is 4.98 Å². The van der Waals surface area contributed by atoms with Crippen molar-refractivity contribution in [2.24, 2.45) is 0 Å². The average Bonchev–Trinajstić information content (AvgIpc) is 2.94. The Morgan fingerprint density at radius 1 is 1.41 bits per heavy atom. The third kappa shape index (κ3) is 1.65. The summed E-state index contributed by atoms with van der Waals surface area (Å²) in [6.07, 6.45) is 7.29. The Balaban J connectivity index is 2.13. The minimum absolute atomic E-state index is 0.462. The van der Waals surface area contributed by atoms with Gasteiger partial charge >= 0.3 is 0 Å². The van der Waals surface area contributed by atoms with Crippen LogP contribution in [0.25, 0.3) is 5.52 Å². The average molecular weight is 294 g/mol. The minimum Gasteiger partial charge on any atom is -0.465 e. The fraction of sp³-hybridized carbons (Fsp3) is 0.0909. The molecule has 3 heterocycles. The molecule has 1 N–H and O–H groups in total. The zero-order valence-corrected chi connectivity index (χ0v) is 10.2. The molecule has 0 amide bonds. The zero-order valence-electron chi connectivity index (χ0n) is 8.62. The van der Waals surface area contributed by atoms with Gasteiger partial charge in [0.2, 0.25) is 0 Å². The number of aliphatic hydroxyl groups is 1. The number of aliphatic hydroxyl groups excluding tert-OH is 1. The highest BCUT2D eigenvalue weighted by Crippen LogP contribution is 2.31. The summed E-state index contributed by atoms with van der Waals surface area (Å²) in [6, 6.07) is 1.74. The van der Waals surface area contributed by atoms with E-state index in [0.29, 0.717) is 11.3 Å². The number of hydrogen-bond donors (Lipinski definition) is 1. The Morgan fingerprint density at radius 2 is 2.29 bits per heavy atom. The number of aromatic nitrogens is 3. The van der Waals surface area contributed by atoms with Crippen LogP contribution in [0.1, 0.15) is 17.4 Å². The maximum atomic E-state index is 10.2. The van der Waals surface area contributed by atoms with E-state index in [0.717, 1.165) is 9.99 Å². The number of halogens is 1. The van der Waals surface area contributed by atoms with Gasteiger partial charge in [0.05, 0.1) is 28.6 Å². The summed E-state index contributed by atoms with van der Waals surface area (Å²) in [4.78, 5) is 4.02. The first-order valence-corrected chi connectivity index (χ1v) is 5.75. The second-order valence-electron chi connectivity index (χ2n) is 3.54. The summed E-state index contributed by atoms with van der Waals surface area (Å²) in [5.74, 6) is 0.462. The number of rotatable bonds is 2. The van der Waals surface area contributed by atoms with Crippen LogP contribution in [0.4, 0.5) is 0 Å². The number of hydrogen-bond acceptors (Lipinski definition) is 4. The van der Waals surface area contributed by atoms with Gasteiger partial charge in [-0.2, -0.15) is 5.10 Å². The summed E-state index contributed by atoms with van der Waals surface area (Å²) in [5.41, 5.74) is 1.41. The van der Waals surface area contributed by atoms with Gasteiger partial charge in [0.15, 0.2) is 5.76 Å². The summed E-state index contributed by atoms with van der Waals surface area (Å²) in [7, 11) is 0. The van der Waals surface area contributed by atoms with Crippen LogP contribution in [0.15, 0.2) is 46.0 Å². The maximum Gasteiger partial charge on any atom is 0.151 e. The predicted octanol–water partition coefficient (Wildman–Crippen LogP) is 2.17. The molecule has 0 bridgehead atoms. The normalized spacial score (nSPS) is 13.1. The largest absolute Gasteiger partial charge is 0.465 e. The molecule has 1 atom stereocenters. The lowest BCUT2D eigenvalue weighted by Gasteiger charge is -2.06. The number of fused-ring (bicyclic) bond motifs is 1. The molecule has 6 heteroatoms. The first-order chi connectivity index (χ1) is 8.27. The lowest BCUT2D eigenvalue weighted by Crippen LogP contribution is -1.98. The van der Waals surface area contributed by atoms with Crippen LogP contribution < -0.4 is 0 Å². The molecule has 0 aliphatic carbocycles. The highest BCUT2D eigenvalue weighted by Gasteiger charge is 2.20. The van der Waals surface area contributed by atoms with E-state index in [2.05, 4.69) is 26.0 Å². The van der Waals surface area contributed by atoms with Crippen molar-refractivity contribution in [2.45, 2.75) is 6.10 Å². The molecule has 0 aliphatic heterocycles. The standard InChI is InChI=1S/C11H8BrN3O2/c12-8-1-4-17-11(8)10(16)7-5-14-15-3-2-13-6-9(7)15/h1-6,10,16H. The quantitative estimate of drug-likeness (QED) is 0.786. The van der Waals surface area contributed by atoms with Crippen molar-refractivity contribution in [3.05, 3.63) is 52.9 Å². The Kier molecular flexibility index (Phi) is 2.45. The van der Waals surface area contributed by atoms with E-state index in [1.54, 1.807) is 35.4 Å². The Hall–Kier alpha value is -1.66. The van der Waals surface area contributed by atoms with E-state index in [1.165, 1.54) is 6.26 Å². The highest BCUT2D eigenvalue weighted by molar-refractivity contribution is 9.10. The van der Waals surface area contributed by atoms with Gasteiger partial charge in [0, 0.05) is 18.0 Å². The maximum absolute atomic E-state index is 10.2. The molecule has 0 spiro atoms. The Bertz CT molecular complexity index is 661. The van der Waals surface area contributed by atoms with Gasteiger partial charge < -0.3 is 9.52 Å². The van der Waals surface area contributed by atoms with E-state index in [-0.39, 0.29) is 0 Å². The molecule has 1 unspecified atom stereocenters. The zero-order chi connectivity index (χ0) is 11.8. The fourth-order valence-electron chi connectivity index (χ4n) is 1.71. The van der Waals surface area contributed by atoms with Crippen molar-refractivity contribution in [1.82, 2.24) is 14.6 Å². The molecule has 17 heavy (non-hydrogen) atoms. The van der Waals surface area contributed by atoms with Crippen LogP contribution >= 0.6 is 15.9 Å². The molecule has 86 valence electrons. The molecule has 5 nitrogen and oxygen atoms in total. The molecule has 0 aliphatic rings. The van der Waals surface area contributed by atoms with E-state index < -0.39 is 6.10 Å². The van der Waals surface area contributed by atoms with E-state index in [9.17, 15) is 5.11 Å². The second-order valence-corrected chi connectivity index (χ2v) is 4.40. The summed E-state index contributed by atoms with van der Waals surface area (Å²) in [6.45, 7) is 0. The summed E-state index contributed by atoms with van der Waals surface area (Å²) >= 11 is 3.32. The molecule has 0 saturated heterocycles. The molecule has 0 aromatic carbocycles. The Morgan fingerprint density at radius 3 is 3.06 bits per heavy atom. The molecule has 0 radical (unpaired) electrons. The van der Waals surface area contributed by atoms with Gasteiger partial charge in [-0.25, -0.2) is 4.52 Å². The van der Waals surface area contributed by atoms with E-state index in [1.807, 2.05) is 0 Å². The van der Waals surface area contributed by atoms with E-state index >= 15 is 0 Å². The Labute approximate surface area is 105 Å². The van der Waals surface area contributed by atoms with Crippen molar-refractivity contribution >= 4 is 21.4 Å². The van der Waals surface area contributed by atoms with Crippen molar-refractivity contribution < 1.29 is 9.52 Å². The third-order valence-electron chi connectivity index (χ3n) is 2.54. The molecule has 3 aromatic heterocycles. The predicted molar refractivity (Wildman–Crippen MR) is 63.5 cm³/mol. The van der Waals surface area contributed by atoms with Crippen LogP contribution in [0.2, 0.25) is 0 Å². The first kappa shape index (κ1) is 10.5. The van der Waals surface area contributed by atoms with Gasteiger partial charge in [-0.05, 0) is 22.0 Å². The van der Waals surface area contributed by atoms with Gasteiger partial charge in [0.25, 0.3) is 0 Å². The van der Waals surface area contributed by atoms with Crippen LogP contribution in [0.3, 0.4) is 0 Å². The second kappa shape index (κ2) is 3.97. The highest BCUT2D eigenvalue weighted by atomic mass is 79.9. The minimum atomic E-state index is -0.860. The van der Waals surface area contributed by atoms with Crippen LogP contribution in [0, 0.1) is 0 Å². The van der Waals surface area contributed by atoms with Crippen LogP contribution in [-0.2, 0) is 0 Å². The van der Waals surface area contributed by atoms with Gasteiger partial charge in [0.1, 0.15) is 6.10 Å². The van der Waals surface area contributed by atoms with Gasteiger partial charge in [-0.1, -0.05) is 0 Å².